The van der Waals surface area contributed by atoms with Gasteiger partial charge in [0.25, 0.3) is 0 Å². The van der Waals surface area contributed by atoms with Crippen molar-refractivity contribution in [3.63, 3.8) is 0 Å². The summed E-state index contributed by atoms with van der Waals surface area (Å²) >= 11 is 0. The summed E-state index contributed by atoms with van der Waals surface area (Å²) in [6.07, 6.45) is 1.96. The minimum atomic E-state index is -0.845. The van der Waals surface area contributed by atoms with E-state index in [1.54, 1.807) is 7.05 Å². The SMILES string of the molecule is COC(=O)C(=O)N(C)Cc1cn(C)c2ccccc12. The summed E-state index contributed by atoms with van der Waals surface area (Å²) in [5.41, 5.74) is 2.09. The van der Waals surface area contributed by atoms with E-state index >= 15 is 0 Å². The van der Waals surface area contributed by atoms with Crippen molar-refractivity contribution in [1.29, 1.82) is 0 Å². The zero-order chi connectivity index (χ0) is 14.0. The van der Waals surface area contributed by atoms with E-state index in [0.717, 1.165) is 16.5 Å². The highest BCUT2D eigenvalue weighted by Crippen LogP contribution is 2.21. The Labute approximate surface area is 111 Å². The molecule has 5 heteroatoms. The first-order chi connectivity index (χ1) is 9.04. The maximum absolute atomic E-state index is 11.7. The lowest BCUT2D eigenvalue weighted by molar-refractivity contribution is -0.157. The Morgan fingerprint density at radius 3 is 2.68 bits per heavy atom. The van der Waals surface area contributed by atoms with E-state index in [9.17, 15) is 9.59 Å². The van der Waals surface area contributed by atoms with Crippen LogP contribution in [0, 0.1) is 0 Å². The number of carbonyl (C=O) groups excluding carboxylic acids is 2. The number of aryl methyl sites for hydroxylation is 1. The fourth-order valence-corrected chi connectivity index (χ4v) is 2.12. The van der Waals surface area contributed by atoms with Crippen LogP contribution in [0.2, 0.25) is 0 Å². The molecule has 1 amide bonds. The van der Waals surface area contributed by atoms with Crippen LogP contribution in [-0.4, -0.2) is 35.5 Å². The highest BCUT2D eigenvalue weighted by atomic mass is 16.5. The molecule has 0 spiro atoms. The van der Waals surface area contributed by atoms with Crippen molar-refractivity contribution in [3.8, 4) is 0 Å². The van der Waals surface area contributed by atoms with Crippen molar-refractivity contribution in [1.82, 2.24) is 9.47 Å². The Bertz CT molecular complexity index is 631. The molecule has 0 saturated heterocycles. The third-order valence-electron chi connectivity index (χ3n) is 3.09. The second-order valence-electron chi connectivity index (χ2n) is 4.44. The van der Waals surface area contributed by atoms with Crippen LogP contribution in [0.25, 0.3) is 10.9 Å². The topological polar surface area (TPSA) is 51.5 Å². The normalized spacial score (nSPS) is 10.5. The number of amides is 1. The number of likely N-dealkylation sites (N-methyl/N-ethyl adjacent to an activating group) is 1. The summed E-state index contributed by atoms with van der Waals surface area (Å²) in [4.78, 5) is 24.2. The molecule has 0 aliphatic carbocycles. The fraction of sp³-hybridized carbons (Fsp3) is 0.286. The minimum absolute atomic E-state index is 0.370. The lowest BCUT2D eigenvalue weighted by atomic mass is 10.1. The number of nitrogens with zero attached hydrogens (tertiary/aromatic N) is 2. The lowest BCUT2D eigenvalue weighted by Crippen LogP contribution is -2.33. The fourth-order valence-electron chi connectivity index (χ4n) is 2.12. The van der Waals surface area contributed by atoms with Gasteiger partial charge in [0.05, 0.1) is 7.11 Å². The van der Waals surface area contributed by atoms with Crippen LogP contribution in [0.3, 0.4) is 0 Å². The summed E-state index contributed by atoms with van der Waals surface area (Å²) < 4.78 is 6.43. The molecule has 0 aliphatic rings. The zero-order valence-corrected chi connectivity index (χ0v) is 11.2. The van der Waals surface area contributed by atoms with E-state index < -0.39 is 11.9 Å². The number of ether oxygens (including phenoxy) is 1. The Kier molecular flexibility index (Phi) is 3.55. The molecular formula is C14H16N2O3. The molecule has 0 saturated carbocycles. The van der Waals surface area contributed by atoms with Gasteiger partial charge in [-0.3, -0.25) is 4.79 Å². The van der Waals surface area contributed by atoms with Gasteiger partial charge in [-0.2, -0.15) is 0 Å². The quantitative estimate of drug-likeness (QED) is 0.604. The lowest BCUT2D eigenvalue weighted by Gasteiger charge is -2.14. The smallest absolute Gasteiger partial charge is 0.396 e. The van der Waals surface area contributed by atoms with Crippen molar-refractivity contribution in [3.05, 3.63) is 36.0 Å². The second kappa shape index (κ2) is 5.14. The number of hydrogen-bond acceptors (Lipinski definition) is 3. The molecule has 2 rings (SSSR count). The first-order valence-corrected chi connectivity index (χ1v) is 5.91. The Morgan fingerprint density at radius 1 is 1.32 bits per heavy atom. The molecule has 19 heavy (non-hydrogen) atoms. The van der Waals surface area contributed by atoms with Gasteiger partial charge in [0.15, 0.2) is 0 Å². The average molecular weight is 260 g/mol. The number of hydrogen-bond donors (Lipinski definition) is 0. The zero-order valence-electron chi connectivity index (χ0n) is 11.2. The van der Waals surface area contributed by atoms with E-state index in [-0.39, 0.29) is 0 Å². The monoisotopic (exact) mass is 260 g/mol. The first kappa shape index (κ1) is 13.1. The van der Waals surface area contributed by atoms with Crippen molar-refractivity contribution in [2.24, 2.45) is 7.05 Å². The first-order valence-electron chi connectivity index (χ1n) is 5.91. The summed E-state index contributed by atoms with van der Waals surface area (Å²) in [6.45, 7) is 0.370. The third kappa shape index (κ3) is 2.45. The highest BCUT2D eigenvalue weighted by molar-refractivity contribution is 6.32. The van der Waals surface area contributed by atoms with Crippen LogP contribution >= 0.6 is 0 Å². The number of para-hydroxylation sites is 1. The molecular weight excluding hydrogens is 244 g/mol. The molecule has 5 nitrogen and oxygen atoms in total. The van der Waals surface area contributed by atoms with Crippen molar-refractivity contribution < 1.29 is 14.3 Å². The van der Waals surface area contributed by atoms with Crippen LogP contribution in [0.15, 0.2) is 30.5 Å². The van der Waals surface area contributed by atoms with Crippen molar-refractivity contribution in [2.75, 3.05) is 14.2 Å². The van der Waals surface area contributed by atoms with Gasteiger partial charge < -0.3 is 14.2 Å². The van der Waals surface area contributed by atoms with Gasteiger partial charge in [0.1, 0.15) is 0 Å². The van der Waals surface area contributed by atoms with Crippen molar-refractivity contribution >= 4 is 22.8 Å². The summed E-state index contributed by atoms with van der Waals surface area (Å²) in [5, 5.41) is 1.08. The van der Waals surface area contributed by atoms with Gasteiger partial charge in [-0.1, -0.05) is 18.2 Å². The Balaban J connectivity index is 2.27. The Hall–Kier alpha value is -2.30. The molecule has 0 unspecified atom stereocenters. The van der Waals surface area contributed by atoms with E-state index in [2.05, 4.69) is 4.74 Å². The molecule has 0 N–H and O–H groups in total. The number of esters is 1. The highest BCUT2D eigenvalue weighted by Gasteiger charge is 2.20. The summed E-state index contributed by atoms with van der Waals surface area (Å²) in [6, 6.07) is 7.94. The predicted octanol–water partition coefficient (Wildman–Crippen LogP) is 1.31. The van der Waals surface area contributed by atoms with E-state index in [4.69, 9.17) is 0 Å². The van der Waals surface area contributed by atoms with Crippen LogP contribution in [0.5, 0.6) is 0 Å². The van der Waals surface area contributed by atoms with Gasteiger partial charge in [-0.05, 0) is 11.6 Å². The molecule has 0 aliphatic heterocycles. The number of methoxy groups -OCH3 is 1. The van der Waals surface area contributed by atoms with E-state index in [1.165, 1.54) is 12.0 Å². The van der Waals surface area contributed by atoms with Gasteiger partial charge >= 0.3 is 11.9 Å². The second-order valence-corrected chi connectivity index (χ2v) is 4.44. The van der Waals surface area contributed by atoms with Crippen LogP contribution in [-0.2, 0) is 27.9 Å². The molecule has 1 heterocycles. The molecule has 0 bridgehead atoms. The van der Waals surface area contributed by atoms with E-state index in [1.807, 2.05) is 42.1 Å². The largest absolute Gasteiger partial charge is 0.462 e. The minimum Gasteiger partial charge on any atom is -0.462 e. The molecule has 100 valence electrons. The molecule has 0 fully saturated rings. The average Bonchev–Trinajstić information content (AvgIpc) is 2.74. The maximum Gasteiger partial charge on any atom is 0.396 e. The van der Waals surface area contributed by atoms with Crippen LogP contribution in [0.1, 0.15) is 5.56 Å². The number of fused-ring (bicyclic) bond motifs is 1. The van der Waals surface area contributed by atoms with Gasteiger partial charge in [0, 0.05) is 37.7 Å². The number of carbonyl (C=O) groups is 2. The molecule has 0 atom stereocenters. The summed E-state index contributed by atoms with van der Waals surface area (Å²) in [5.74, 6) is -1.49. The van der Waals surface area contributed by atoms with Crippen molar-refractivity contribution in [2.45, 2.75) is 6.54 Å². The molecule has 1 aromatic carbocycles. The predicted molar refractivity (Wildman–Crippen MR) is 71.4 cm³/mol. The van der Waals surface area contributed by atoms with Gasteiger partial charge in [-0.25, -0.2) is 4.79 Å². The molecule has 0 radical (unpaired) electrons. The number of aromatic nitrogens is 1. The maximum atomic E-state index is 11.7. The molecule has 1 aromatic heterocycles. The summed E-state index contributed by atoms with van der Waals surface area (Å²) in [7, 11) is 4.74. The van der Waals surface area contributed by atoms with Gasteiger partial charge in [0.2, 0.25) is 0 Å². The number of benzene rings is 1. The van der Waals surface area contributed by atoms with Crippen LogP contribution < -0.4 is 0 Å². The Morgan fingerprint density at radius 2 is 2.00 bits per heavy atom. The van der Waals surface area contributed by atoms with Gasteiger partial charge in [-0.15, -0.1) is 0 Å². The standard InChI is InChI=1S/C14H16N2O3/c1-15-8-10(11-6-4-5-7-12(11)15)9-16(2)13(17)14(18)19-3/h4-8H,9H2,1-3H3. The third-order valence-corrected chi connectivity index (χ3v) is 3.09. The van der Waals surface area contributed by atoms with Crippen LogP contribution in [0.4, 0.5) is 0 Å². The number of rotatable bonds is 2. The molecule has 2 aromatic rings. The van der Waals surface area contributed by atoms with E-state index in [0.29, 0.717) is 6.54 Å².